The highest BCUT2D eigenvalue weighted by atomic mass is 79.9. The van der Waals surface area contributed by atoms with Gasteiger partial charge >= 0.3 is 0 Å². The Morgan fingerprint density at radius 1 is 1.50 bits per heavy atom. The molecule has 1 fully saturated rings. The van der Waals surface area contributed by atoms with Crippen LogP contribution >= 0.6 is 15.9 Å². The van der Waals surface area contributed by atoms with Crippen LogP contribution in [0.15, 0.2) is 22.9 Å². The molecule has 2 rings (SSSR count). The number of carbonyl (C=O) groups excluding carboxylic acids is 1. The molecule has 0 aromatic carbocycles. The molecule has 0 atom stereocenters. The lowest BCUT2D eigenvalue weighted by molar-refractivity contribution is 0.0948. The summed E-state index contributed by atoms with van der Waals surface area (Å²) in [5.74, 6) is 0.800. The van der Waals surface area contributed by atoms with Crippen molar-refractivity contribution in [3.8, 4) is 0 Å². The molecule has 1 aliphatic rings. The molecular formula is C12H15BrN2O. The molecule has 1 heterocycles. The molecule has 0 bridgehead atoms. The molecule has 0 spiro atoms. The summed E-state index contributed by atoms with van der Waals surface area (Å²) in [6.07, 6.45) is 8.37. The van der Waals surface area contributed by atoms with Gasteiger partial charge in [-0.2, -0.15) is 0 Å². The van der Waals surface area contributed by atoms with Crippen molar-refractivity contribution in [3.63, 3.8) is 0 Å². The highest BCUT2D eigenvalue weighted by Crippen LogP contribution is 2.28. The maximum Gasteiger partial charge on any atom is 0.252 e. The minimum Gasteiger partial charge on any atom is -0.352 e. The standard InChI is InChI=1S/C12H15BrN2O/c13-11-6-10(7-14-8-11)12(16)15-5-4-9-2-1-3-9/h6-9H,1-5H2,(H,15,16). The second-order valence-corrected chi connectivity index (χ2v) is 5.15. The van der Waals surface area contributed by atoms with Gasteiger partial charge in [0, 0.05) is 23.4 Å². The van der Waals surface area contributed by atoms with Crippen LogP contribution in [0.5, 0.6) is 0 Å². The van der Waals surface area contributed by atoms with Gasteiger partial charge in [0.1, 0.15) is 0 Å². The molecule has 1 saturated carbocycles. The molecule has 0 saturated heterocycles. The summed E-state index contributed by atoms with van der Waals surface area (Å²) >= 11 is 3.30. The van der Waals surface area contributed by atoms with Gasteiger partial charge in [0.25, 0.3) is 5.91 Å². The van der Waals surface area contributed by atoms with Crippen LogP contribution in [-0.4, -0.2) is 17.4 Å². The Labute approximate surface area is 104 Å². The summed E-state index contributed by atoms with van der Waals surface area (Å²) in [6, 6.07) is 1.78. The first-order valence-corrected chi connectivity index (χ1v) is 6.44. The molecule has 86 valence electrons. The number of hydrogen-bond donors (Lipinski definition) is 1. The number of carbonyl (C=O) groups is 1. The number of nitrogens with zero attached hydrogens (tertiary/aromatic N) is 1. The maximum absolute atomic E-state index is 11.7. The van der Waals surface area contributed by atoms with Gasteiger partial charge in [-0.3, -0.25) is 9.78 Å². The molecule has 1 aliphatic carbocycles. The fraction of sp³-hybridized carbons (Fsp3) is 0.500. The number of rotatable bonds is 4. The van der Waals surface area contributed by atoms with Crippen molar-refractivity contribution >= 4 is 21.8 Å². The van der Waals surface area contributed by atoms with Crippen molar-refractivity contribution in [1.82, 2.24) is 10.3 Å². The third-order valence-corrected chi connectivity index (χ3v) is 3.46. The van der Waals surface area contributed by atoms with E-state index in [0.29, 0.717) is 5.56 Å². The van der Waals surface area contributed by atoms with E-state index in [0.717, 1.165) is 23.4 Å². The van der Waals surface area contributed by atoms with E-state index in [1.54, 1.807) is 18.5 Å². The van der Waals surface area contributed by atoms with E-state index in [2.05, 4.69) is 26.2 Å². The van der Waals surface area contributed by atoms with Crippen molar-refractivity contribution in [2.45, 2.75) is 25.7 Å². The smallest absolute Gasteiger partial charge is 0.252 e. The average Bonchev–Trinajstić information content (AvgIpc) is 2.21. The van der Waals surface area contributed by atoms with E-state index in [4.69, 9.17) is 0 Å². The number of aromatic nitrogens is 1. The van der Waals surface area contributed by atoms with Crippen molar-refractivity contribution in [1.29, 1.82) is 0 Å². The summed E-state index contributed by atoms with van der Waals surface area (Å²) in [5.41, 5.74) is 0.614. The fourth-order valence-electron chi connectivity index (χ4n) is 1.81. The summed E-state index contributed by atoms with van der Waals surface area (Å²) in [5, 5.41) is 2.93. The normalized spacial score (nSPS) is 15.6. The molecule has 1 N–H and O–H groups in total. The summed E-state index contributed by atoms with van der Waals surface area (Å²) in [7, 11) is 0. The van der Waals surface area contributed by atoms with E-state index in [1.807, 2.05) is 0 Å². The van der Waals surface area contributed by atoms with Gasteiger partial charge in [-0.15, -0.1) is 0 Å². The minimum atomic E-state index is -0.0341. The molecule has 1 aromatic rings. The lowest BCUT2D eigenvalue weighted by Gasteiger charge is -2.25. The zero-order valence-corrected chi connectivity index (χ0v) is 10.7. The van der Waals surface area contributed by atoms with Crippen LogP contribution in [-0.2, 0) is 0 Å². The van der Waals surface area contributed by atoms with Crippen LogP contribution < -0.4 is 5.32 Å². The number of nitrogens with one attached hydrogen (secondary N) is 1. The molecule has 0 radical (unpaired) electrons. The predicted octanol–water partition coefficient (Wildman–Crippen LogP) is 2.76. The third kappa shape index (κ3) is 3.04. The summed E-state index contributed by atoms with van der Waals surface area (Å²) < 4.78 is 0.833. The van der Waals surface area contributed by atoms with Gasteiger partial charge in [-0.1, -0.05) is 19.3 Å². The monoisotopic (exact) mass is 282 g/mol. The Morgan fingerprint density at radius 3 is 2.94 bits per heavy atom. The van der Waals surface area contributed by atoms with Crippen molar-refractivity contribution in [2.75, 3.05) is 6.54 Å². The molecule has 0 aliphatic heterocycles. The summed E-state index contributed by atoms with van der Waals surface area (Å²) in [4.78, 5) is 15.7. The molecule has 1 amide bonds. The van der Waals surface area contributed by atoms with Crippen molar-refractivity contribution in [2.24, 2.45) is 5.92 Å². The highest BCUT2D eigenvalue weighted by molar-refractivity contribution is 9.10. The van der Waals surface area contributed by atoms with Gasteiger partial charge in [0.2, 0.25) is 0 Å². The SMILES string of the molecule is O=C(NCCC1CCC1)c1cncc(Br)c1. The van der Waals surface area contributed by atoms with E-state index >= 15 is 0 Å². The van der Waals surface area contributed by atoms with Crippen LogP contribution in [0.3, 0.4) is 0 Å². The largest absolute Gasteiger partial charge is 0.352 e. The van der Waals surface area contributed by atoms with Crippen molar-refractivity contribution in [3.05, 3.63) is 28.5 Å². The van der Waals surface area contributed by atoms with Crippen LogP contribution in [0.4, 0.5) is 0 Å². The van der Waals surface area contributed by atoms with Gasteiger partial charge in [-0.25, -0.2) is 0 Å². The molecule has 3 nitrogen and oxygen atoms in total. The third-order valence-electron chi connectivity index (χ3n) is 3.03. The minimum absolute atomic E-state index is 0.0341. The Hall–Kier alpha value is -0.900. The van der Waals surface area contributed by atoms with Crippen LogP contribution in [0.2, 0.25) is 0 Å². The highest BCUT2D eigenvalue weighted by Gasteiger charge is 2.17. The van der Waals surface area contributed by atoms with E-state index in [9.17, 15) is 4.79 Å². The number of hydrogen-bond acceptors (Lipinski definition) is 2. The molecule has 16 heavy (non-hydrogen) atoms. The molecule has 0 unspecified atom stereocenters. The topological polar surface area (TPSA) is 42.0 Å². The number of amides is 1. The first-order valence-electron chi connectivity index (χ1n) is 5.64. The van der Waals surface area contributed by atoms with Gasteiger partial charge in [0.15, 0.2) is 0 Å². The molecular weight excluding hydrogens is 268 g/mol. The Kier molecular flexibility index (Phi) is 3.93. The molecule has 4 heteroatoms. The average molecular weight is 283 g/mol. The number of halogens is 1. The van der Waals surface area contributed by atoms with Gasteiger partial charge < -0.3 is 5.32 Å². The Morgan fingerprint density at radius 2 is 2.31 bits per heavy atom. The first-order chi connectivity index (χ1) is 7.75. The van der Waals surface area contributed by atoms with E-state index in [-0.39, 0.29) is 5.91 Å². The summed E-state index contributed by atoms with van der Waals surface area (Å²) in [6.45, 7) is 0.774. The van der Waals surface area contributed by atoms with Crippen LogP contribution in [0, 0.1) is 5.92 Å². The zero-order chi connectivity index (χ0) is 11.4. The first kappa shape index (κ1) is 11.6. The number of pyridine rings is 1. The quantitative estimate of drug-likeness (QED) is 0.923. The fourth-order valence-corrected chi connectivity index (χ4v) is 2.17. The van der Waals surface area contributed by atoms with Crippen LogP contribution in [0.25, 0.3) is 0 Å². The molecule has 1 aromatic heterocycles. The maximum atomic E-state index is 11.7. The lowest BCUT2D eigenvalue weighted by Crippen LogP contribution is -2.27. The van der Waals surface area contributed by atoms with E-state index < -0.39 is 0 Å². The van der Waals surface area contributed by atoms with Gasteiger partial charge in [-0.05, 0) is 34.3 Å². The zero-order valence-electron chi connectivity index (χ0n) is 9.08. The second kappa shape index (κ2) is 5.43. The predicted molar refractivity (Wildman–Crippen MR) is 66.2 cm³/mol. The Bertz CT molecular complexity index is 377. The van der Waals surface area contributed by atoms with Crippen LogP contribution in [0.1, 0.15) is 36.0 Å². The van der Waals surface area contributed by atoms with Crippen molar-refractivity contribution < 1.29 is 4.79 Å². The Balaban J connectivity index is 1.78. The van der Waals surface area contributed by atoms with Gasteiger partial charge in [0.05, 0.1) is 5.56 Å². The second-order valence-electron chi connectivity index (χ2n) is 4.23. The van der Waals surface area contributed by atoms with E-state index in [1.165, 1.54) is 19.3 Å². The lowest BCUT2D eigenvalue weighted by atomic mass is 9.83.